The Kier molecular flexibility index (Phi) is 3.06. The molecule has 0 saturated heterocycles. The molecule has 1 rings (SSSR count). The van der Waals surface area contributed by atoms with Crippen LogP contribution in [-0.4, -0.2) is 20.8 Å². The lowest BCUT2D eigenvalue weighted by Gasteiger charge is -2.08. The molecule has 6 heteroatoms. The van der Waals surface area contributed by atoms with Crippen LogP contribution in [0.15, 0.2) is 6.20 Å². The molecular formula is C8H13N3O3. The molecular weight excluding hydrogens is 186 g/mol. The Balaban J connectivity index is 2.89. The Hall–Kier alpha value is -1.59. The Morgan fingerprint density at radius 3 is 2.93 bits per heavy atom. The molecule has 1 unspecified atom stereocenters. The van der Waals surface area contributed by atoms with Gasteiger partial charge >= 0.3 is 11.6 Å². The van der Waals surface area contributed by atoms with Crippen molar-refractivity contribution < 1.29 is 9.66 Å². The molecule has 0 aliphatic heterocycles. The van der Waals surface area contributed by atoms with Crippen LogP contribution in [-0.2, 0) is 7.05 Å². The van der Waals surface area contributed by atoms with Gasteiger partial charge in [0, 0.05) is 7.05 Å². The monoisotopic (exact) mass is 199 g/mol. The second-order valence-corrected chi connectivity index (χ2v) is 3.09. The van der Waals surface area contributed by atoms with Crippen LogP contribution in [0.1, 0.15) is 20.3 Å². The molecule has 1 heterocycles. The van der Waals surface area contributed by atoms with Crippen LogP contribution in [0.2, 0.25) is 0 Å². The van der Waals surface area contributed by atoms with Gasteiger partial charge in [-0.05, 0) is 13.3 Å². The van der Waals surface area contributed by atoms with Crippen molar-refractivity contribution in [1.82, 2.24) is 9.78 Å². The number of rotatable bonds is 4. The van der Waals surface area contributed by atoms with Gasteiger partial charge in [-0.25, -0.2) is 0 Å². The van der Waals surface area contributed by atoms with Gasteiger partial charge in [-0.3, -0.25) is 14.8 Å². The number of hydrogen-bond acceptors (Lipinski definition) is 4. The van der Waals surface area contributed by atoms with Crippen molar-refractivity contribution in [2.24, 2.45) is 7.05 Å². The molecule has 0 spiro atoms. The van der Waals surface area contributed by atoms with Crippen LogP contribution in [0.5, 0.6) is 5.88 Å². The fourth-order valence-electron chi connectivity index (χ4n) is 0.939. The van der Waals surface area contributed by atoms with E-state index in [1.54, 1.807) is 7.05 Å². The lowest BCUT2D eigenvalue weighted by Crippen LogP contribution is -2.11. The lowest BCUT2D eigenvalue weighted by atomic mass is 10.3. The highest BCUT2D eigenvalue weighted by Crippen LogP contribution is 2.25. The van der Waals surface area contributed by atoms with E-state index in [1.165, 1.54) is 10.9 Å². The van der Waals surface area contributed by atoms with Crippen LogP contribution >= 0.6 is 0 Å². The van der Waals surface area contributed by atoms with Crippen molar-refractivity contribution in [3.05, 3.63) is 16.3 Å². The van der Waals surface area contributed by atoms with Crippen molar-refractivity contribution in [3.8, 4) is 5.88 Å². The first-order chi connectivity index (χ1) is 6.54. The minimum atomic E-state index is -0.495. The number of hydrogen-bond donors (Lipinski definition) is 0. The summed E-state index contributed by atoms with van der Waals surface area (Å²) in [5, 5.41) is 14.4. The molecule has 0 aliphatic carbocycles. The first-order valence-electron chi connectivity index (χ1n) is 4.39. The van der Waals surface area contributed by atoms with Crippen molar-refractivity contribution in [2.75, 3.05) is 0 Å². The fraction of sp³-hybridized carbons (Fsp3) is 0.625. The zero-order valence-electron chi connectivity index (χ0n) is 8.43. The van der Waals surface area contributed by atoms with Crippen molar-refractivity contribution in [3.63, 3.8) is 0 Å². The summed E-state index contributed by atoms with van der Waals surface area (Å²) in [6, 6.07) is 0. The Morgan fingerprint density at radius 1 is 1.79 bits per heavy atom. The molecule has 0 fully saturated rings. The van der Waals surface area contributed by atoms with Gasteiger partial charge in [-0.1, -0.05) is 6.92 Å². The predicted molar refractivity (Wildman–Crippen MR) is 50.2 cm³/mol. The van der Waals surface area contributed by atoms with Gasteiger partial charge in [-0.2, -0.15) is 0 Å². The van der Waals surface area contributed by atoms with Gasteiger partial charge in [0.05, 0.1) is 11.0 Å². The lowest BCUT2D eigenvalue weighted by molar-refractivity contribution is -0.386. The maximum atomic E-state index is 10.6. The molecule has 0 aliphatic rings. The predicted octanol–water partition coefficient (Wildman–Crippen LogP) is 1.51. The maximum Gasteiger partial charge on any atom is 0.350 e. The summed E-state index contributed by atoms with van der Waals surface area (Å²) in [6.07, 6.45) is 2.05. The summed E-state index contributed by atoms with van der Waals surface area (Å²) in [5.74, 6) is 0.0897. The molecule has 6 nitrogen and oxygen atoms in total. The van der Waals surface area contributed by atoms with Crippen LogP contribution in [0, 0.1) is 10.1 Å². The van der Waals surface area contributed by atoms with E-state index in [4.69, 9.17) is 4.74 Å². The molecule has 0 amide bonds. The first-order valence-corrected chi connectivity index (χ1v) is 4.39. The molecule has 0 N–H and O–H groups in total. The van der Waals surface area contributed by atoms with Gasteiger partial charge in [0.25, 0.3) is 0 Å². The molecule has 1 atom stereocenters. The van der Waals surface area contributed by atoms with Crippen molar-refractivity contribution in [2.45, 2.75) is 26.4 Å². The molecule has 0 radical (unpaired) electrons. The summed E-state index contributed by atoms with van der Waals surface area (Å²) in [7, 11) is 1.62. The second kappa shape index (κ2) is 4.08. The third-order valence-corrected chi connectivity index (χ3v) is 1.86. The van der Waals surface area contributed by atoms with Crippen LogP contribution < -0.4 is 4.74 Å². The van der Waals surface area contributed by atoms with Crippen LogP contribution in [0.4, 0.5) is 5.69 Å². The molecule has 14 heavy (non-hydrogen) atoms. The molecule has 0 saturated carbocycles. The summed E-state index contributed by atoms with van der Waals surface area (Å²) >= 11 is 0. The Labute approximate surface area is 81.6 Å². The quantitative estimate of drug-likeness (QED) is 0.544. The molecule has 78 valence electrons. The Morgan fingerprint density at radius 2 is 2.43 bits per heavy atom. The van der Waals surface area contributed by atoms with Crippen LogP contribution in [0.25, 0.3) is 0 Å². The average Bonchev–Trinajstić information content (AvgIpc) is 2.46. The smallest absolute Gasteiger partial charge is 0.350 e. The highest BCUT2D eigenvalue weighted by atomic mass is 16.6. The van der Waals surface area contributed by atoms with E-state index in [-0.39, 0.29) is 17.7 Å². The zero-order valence-corrected chi connectivity index (χ0v) is 8.43. The molecule has 0 bridgehead atoms. The second-order valence-electron chi connectivity index (χ2n) is 3.09. The van der Waals surface area contributed by atoms with E-state index < -0.39 is 4.92 Å². The van der Waals surface area contributed by atoms with Gasteiger partial charge in [0.2, 0.25) is 0 Å². The highest BCUT2D eigenvalue weighted by molar-refractivity contribution is 5.38. The van der Waals surface area contributed by atoms with Gasteiger partial charge in [0.15, 0.2) is 0 Å². The zero-order chi connectivity index (χ0) is 10.7. The average molecular weight is 199 g/mol. The number of aryl methyl sites for hydroxylation is 1. The van der Waals surface area contributed by atoms with Crippen LogP contribution in [0.3, 0.4) is 0 Å². The molecule has 1 aromatic rings. The number of nitro groups is 1. The molecule has 1 aromatic heterocycles. The van der Waals surface area contributed by atoms with Gasteiger partial charge < -0.3 is 4.74 Å². The van der Waals surface area contributed by atoms with E-state index in [2.05, 4.69) is 5.10 Å². The summed E-state index contributed by atoms with van der Waals surface area (Å²) < 4.78 is 6.67. The third kappa shape index (κ3) is 2.21. The molecule has 0 aromatic carbocycles. The normalized spacial score (nSPS) is 12.5. The summed E-state index contributed by atoms with van der Waals surface area (Å²) in [6.45, 7) is 3.79. The van der Waals surface area contributed by atoms with E-state index in [0.717, 1.165) is 6.42 Å². The summed E-state index contributed by atoms with van der Waals surface area (Å²) in [5.41, 5.74) is -0.0900. The van der Waals surface area contributed by atoms with E-state index >= 15 is 0 Å². The van der Waals surface area contributed by atoms with Crippen molar-refractivity contribution in [1.29, 1.82) is 0 Å². The first kappa shape index (κ1) is 10.5. The SMILES string of the molecule is CCC(C)Oc1nn(C)cc1[N+](=O)[O-]. The van der Waals surface area contributed by atoms with Crippen molar-refractivity contribution >= 4 is 5.69 Å². The third-order valence-electron chi connectivity index (χ3n) is 1.86. The largest absolute Gasteiger partial charge is 0.469 e. The Bertz CT molecular complexity index is 335. The minimum absolute atomic E-state index is 0.0661. The van der Waals surface area contributed by atoms with Gasteiger partial charge in [0.1, 0.15) is 6.20 Å². The van der Waals surface area contributed by atoms with E-state index in [1.807, 2.05) is 13.8 Å². The standard InChI is InChI=1S/C8H13N3O3/c1-4-6(2)14-8-7(11(12)13)5-10(3)9-8/h5-6H,4H2,1-3H3. The highest BCUT2D eigenvalue weighted by Gasteiger charge is 2.21. The van der Waals surface area contributed by atoms with E-state index in [0.29, 0.717) is 0 Å². The fourth-order valence-corrected chi connectivity index (χ4v) is 0.939. The number of aromatic nitrogens is 2. The van der Waals surface area contributed by atoms with Gasteiger partial charge in [-0.15, -0.1) is 5.10 Å². The maximum absolute atomic E-state index is 10.6. The van der Waals surface area contributed by atoms with E-state index in [9.17, 15) is 10.1 Å². The summed E-state index contributed by atoms with van der Waals surface area (Å²) in [4.78, 5) is 10.1. The topological polar surface area (TPSA) is 70.2 Å². The minimum Gasteiger partial charge on any atom is -0.469 e. The number of ether oxygens (including phenoxy) is 1. The number of nitrogens with zero attached hydrogens (tertiary/aromatic N) is 3.